The van der Waals surface area contributed by atoms with E-state index in [-0.39, 0.29) is 0 Å². The molecule has 2 rings (SSSR count). The number of imidazole rings is 1. The molecule has 2 aromatic heterocycles. The van der Waals surface area contributed by atoms with Gasteiger partial charge in [0, 0.05) is 17.9 Å². The van der Waals surface area contributed by atoms with Crippen molar-refractivity contribution in [2.24, 2.45) is 0 Å². The fourth-order valence-corrected chi connectivity index (χ4v) is 1.70. The second-order valence-electron chi connectivity index (χ2n) is 4.12. The van der Waals surface area contributed by atoms with Crippen molar-refractivity contribution >= 4 is 0 Å². The van der Waals surface area contributed by atoms with Crippen LogP contribution in [0.4, 0.5) is 0 Å². The summed E-state index contributed by atoms with van der Waals surface area (Å²) in [7, 11) is 1.91. The van der Waals surface area contributed by atoms with Gasteiger partial charge < -0.3 is 5.32 Å². The molecule has 5 heteroatoms. The van der Waals surface area contributed by atoms with Crippen LogP contribution in [0, 0.1) is 20.8 Å². The van der Waals surface area contributed by atoms with Crippen molar-refractivity contribution in [3.05, 3.63) is 35.2 Å². The molecule has 0 saturated heterocycles. The maximum Gasteiger partial charge on any atom is 0.235 e. The predicted octanol–water partition coefficient (Wildman–Crippen LogP) is 1.31. The molecule has 0 spiro atoms. The molecule has 2 heterocycles. The Hall–Kier alpha value is -1.75. The summed E-state index contributed by atoms with van der Waals surface area (Å²) >= 11 is 0. The van der Waals surface area contributed by atoms with Crippen LogP contribution >= 0.6 is 0 Å². The van der Waals surface area contributed by atoms with E-state index in [4.69, 9.17) is 0 Å². The van der Waals surface area contributed by atoms with Crippen LogP contribution in [0.25, 0.3) is 5.95 Å². The van der Waals surface area contributed by atoms with E-state index in [0.717, 1.165) is 29.3 Å². The van der Waals surface area contributed by atoms with Crippen molar-refractivity contribution in [2.75, 3.05) is 7.05 Å². The van der Waals surface area contributed by atoms with Gasteiger partial charge in [-0.05, 0) is 33.9 Å². The summed E-state index contributed by atoms with van der Waals surface area (Å²) in [6.45, 7) is 6.72. The molecule has 0 aromatic carbocycles. The highest BCUT2D eigenvalue weighted by molar-refractivity contribution is 5.24. The third-order valence-corrected chi connectivity index (χ3v) is 2.72. The number of hydrogen-bond donors (Lipinski definition) is 1. The molecule has 2 aromatic rings. The zero-order valence-corrected chi connectivity index (χ0v) is 10.7. The maximum atomic E-state index is 4.52. The van der Waals surface area contributed by atoms with Crippen LogP contribution in [-0.4, -0.2) is 26.6 Å². The maximum absolute atomic E-state index is 4.52. The fraction of sp³-hybridized carbons (Fsp3) is 0.417. The number of hydrogen-bond acceptors (Lipinski definition) is 4. The third-order valence-electron chi connectivity index (χ3n) is 2.72. The van der Waals surface area contributed by atoms with E-state index in [0.29, 0.717) is 5.95 Å². The van der Waals surface area contributed by atoms with Gasteiger partial charge in [-0.1, -0.05) is 0 Å². The SMILES string of the molecule is CNCc1cc(C)nc(-n2cnc(C)c2C)n1. The van der Waals surface area contributed by atoms with Gasteiger partial charge in [0.1, 0.15) is 6.33 Å². The van der Waals surface area contributed by atoms with Gasteiger partial charge in [-0.15, -0.1) is 0 Å². The summed E-state index contributed by atoms with van der Waals surface area (Å²) in [5.41, 5.74) is 4.03. The van der Waals surface area contributed by atoms with Crippen molar-refractivity contribution in [3.8, 4) is 5.95 Å². The molecule has 0 aliphatic carbocycles. The molecular weight excluding hydrogens is 214 g/mol. The van der Waals surface area contributed by atoms with Gasteiger partial charge in [-0.2, -0.15) is 0 Å². The molecule has 0 aliphatic heterocycles. The number of rotatable bonds is 3. The monoisotopic (exact) mass is 231 g/mol. The average Bonchev–Trinajstić information content (AvgIpc) is 2.59. The van der Waals surface area contributed by atoms with Crippen molar-refractivity contribution in [1.29, 1.82) is 0 Å². The van der Waals surface area contributed by atoms with E-state index < -0.39 is 0 Å². The standard InChI is InChI=1S/C12H17N5/c1-8-5-11(6-13-4)16-12(15-8)17-7-14-9(2)10(17)3/h5,7,13H,6H2,1-4H3. The van der Waals surface area contributed by atoms with E-state index >= 15 is 0 Å². The van der Waals surface area contributed by atoms with Gasteiger partial charge in [0.05, 0.1) is 11.4 Å². The summed E-state index contributed by atoms with van der Waals surface area (Å²) in [6, 6.07) is 1.99. The summed E-state index contributed by atoms with van der Waals surface area (Å²) < 4.78 is 1.92. The van der Waals surface area contributed by atoms with Gasteiger partial charge in [0.15, 0.2) is 0 Å². The summed E-state index contributed by atoms with van der Waals surface area (Å²) in [5, 5.41) is 3.09. The molecule has 0 atom stereocenters. The van der Waals surface area contributed by atoms with Crippen molar-refractivity contribution in [1.82, 2.24) is 24.8 Å². The Balaban J connectivity index is 2.48. The highest BCUT2D eigenvalue weighted by Gasteiger charge is 2.08. The summed E-state index contributed by atoms with van der Waals surface area (Å²) in [4.78, 5) is 13.2. The molecule has 0 bridgehead atoms. The molecule has 1 N–H and O–H groups in total. The Morgan fingerprint density at radius 3 is 2.59 bits per heavy atom. The minimum atomic E-state index is 0.688. The highest BCUT2D eigenvalue weighted by Crippen LogP contribution is 2.11. The van der Waals surface area contributed by atoms with Crippen LogP contribution in [0.3, 0.4) is 0 Å². The quantitative estimate of drug-likeness (QED) is 0.865. The van der Waals surface area contributed by atoms with Crippen molar-refractivity contribution in [2.45, 2.75) is 27.3 Å². The number of aryl methyl sites for hydroxylation is 2. The molecule has 0 radical (unpaired) electrons. The zero-order valence-electron chi connectivity index (χ0n) is 10.7. The van der Waals surface area contributed by atoms with Gasteiger partial charge >= 0.3 is 0 Å². The fourth-order valence-electron chi connectivity index (χ4n) is 1.70. The normalized spacial score (nSPS) is 10.8. The van der Waals surface area contributed by atoms with Crippen LogP contribution in [-0.2, 0) is 6.54 Å². The smallest absolute Gasteiger partial charge is 0.235 e. The molecule has 0 amide bonds. The van der Waals surface area contributed by atoms with E-state index in [1.807, 2.05) is 38.5 Å². The Labute approximate surface area is 101 Å². The highest BCUT2D eigenvalue weighted by atomic mass is 15.2. The average molecular weight is 231 g/mol. The number of aromatic nitrogens is 4. The lowest BCUT2D eigenvalue weighted by Crippen LogP contribution is -2.11. The minimum Gasteiger partial charge on any atom is -0.314 e. The zero-order chi connectivity index (χ0) is 12.4. The lowest BCUT2D eigenvalue weighted by molar-refractivity contribution is 0.765. The first-order valence-electron chi connectivity index (χ1n) is 5.62. The van der Waals surface area contributed by atoms with E-state index in [1.54, 1.807) is 6.33 Å². The van der Waals surface area contributed by atoms with Crippen LogP contribution < -0.4 is 5.32 Å². The third kappa shape index (κ3) is 2.34. The summed E-state index contributed by atoms with van der Waals surface area (Å²) in [5.74, 6) is 0.688. The van der Waals surface area contributed by atoms with Crippen LogP contribution in [0.1, 0.15) is 22.8 Å². The molecule has 0 unspecified atom stereocenters. The largest absolute Gasteiger partial charge is 0.314 e. The van der Waals surface area contributed by atoms with Crippen molar-refractivity contribution < 1.29 is 0 Å². The number of nitrogens with one attached hydrogen (secondary N) is 1. The predicted molar refractivity (Wildman–Crippen MR) is 66.1 cm³/mol. The Bertz CT molecular complexity index is 530. The lowest BCUT2D eigenvalue weighted by atomic mass is 10.3. The van der Waals surface area contributed by atoms with Crippen LogP contribution in [0.15, 0.2) is 12.4 Å². The molecule has 90 valence electrons. The molecule has 0 fully saturated rings. The van der Waals surface area contributed by atoms with E-state index in [1.165, 1.54) is 0 Å². The second kappa shape index (κ2) is 4.63. The first kappa shape index (κ1) is 11.7. The molecular formula is C12H17N5. The Morgan fingerprint density at radius 2 is 2.00 bits per heavy atom. The molecule has 5 nitrogen and oxygen atoms in total. The van der Waals surface area contributed by atoms with E-state index in [2.05, 4.69) is 20.3 Å². The Kier molecular flexibility index (Phi) is 3.19. The summed E-state index contributed by atoms with van der Waals surface area (Å²) in [6.07, 6.45) is 1.77. The first-order chi connectivity index (χ1) is 8.11. The molecule has 17 heavy (non-hydrogen) atoms. The lowest BCUT2D eigenvalue weighted by Gasteiger charge is -2.07. The van der Waals surface area contributed by atoms with Gasteiger partial charge in [0.25, 0.3) is 0 Å². The Morgan fingerprint density at radius 1 is 1.24 bits per heavy atom. The topological polar surface area (TPSA) is 55.6 Å². The van der Waals surface area contributed by atoms with Crippen LogP contribution in [0.5, 0.6) is 0 Å². The van der Waals surface area contributed by atoms with Crippen molar-refractivity contribution in [3.63, 3.8) is 0 Å². The van der Waals surface area contributed by atoms with Gasteiger partial charge in [0.2, 0.25) is 5.95 Å². The molecule has 0 aliphatic rings. The molecule has 0 saturated carbocycles. The van der Waals surface area contributed by atoms with Gasteiger partial charge in [-0.25, -0.2) is 15.0 Å². The van der Waals surface area contributed by atoms with Gasteiger partial charge in [-0.3, -0.25) is 4.57 Å². The van der Waals surface area contributed by atoms with Crippen LogP contribution in [0.2, 0.25) is 0 Å². The first-order valence-corrected chi connectivity index (χ1v) is 5.62. The number of nitrogens with zero attached hydrogens (tertiary/aromatic N) is 4. The minimum absolute atomic E-state index is 0.688. The second-order valence-corrected chi connectivity index (χ2v) is 4.12. The van der Waals surface area contributed by atoms with E-state index in [9.17, 15) is 0 Å².